The summed E-state index contributed by atoms with van der Waals surface area (Å²) < 4.78 is 37.8. The molecule has 19 heavy (non-hydrogen) atoms. The van der Waals surface area contributed by atoms with Crippen LogP contribution in [0.5, 0.6) is 0 Å². The molecule has 0 aliphatic carbocycles. The predicted octanol–water partition coefficient (Wildman–Crippen LogP) is 0.155. The van der Waals surface area contributed by atoms with Crippen molar-refractivity contribution in [2.75, 3.05) is 13.1 Å². The van der Waals surface area contributed by atoms with Crippen LogP contribution in [0.3, 0.4) is 0 Å². The Morgan fingerprint density at radius 2 is 2.21 bits per heavy atom. The molecule has 1 aromatic heterocycles. The van der Waals surface area contributed by atoms with Gasteiger partial charge in [-0.1, -0.05) is 0 Å². The number of carboxylic acid groups (broad SMARTS) is 1. The van der Waals surface area contributed by atoms with Crippen molar-refractivity contribution in [3.63, 3.8) is 0 Å². The highest BCUT2D eigenvalue weighted by molar-refractivity contribution is 5.85. The van der Waals surface area contributed by atoms with Crippen LogP contribution >= 0.6 is 0 Å². The highest BCUT2D eigenvalue weighted by Gasteiger charge is 2.39. The number of halogens is 3. The van der Waals surface area contributed by atoms with Crippen LogP contribution in [0.15, 0.2) is 6.33 Å². The molecule has 1 aliphatic rings. The summed E-state index contributed by atoms with van der Waals surface area (Å²) in [6.45, 7) is -0.312. The van der Waals surface area contributed by atoms with E-state index in [4.69, 9.17) is 5.11 Å². The summed E-state index contributed by atoms with van der Waals surface area (Å²) in [5.74, 6) is -3.07. The standard InChI is InChI=1S/C9H9F3N4O3/c10-9(11,12)8-13-4-16(14-8)5-1-2-15(7(5)19)3-6(17)18/h4-5H,1-3H2,(H,17,18). The molecule has 0 spiro atoms. The van der Waals surface area contributed by atoms with Gasteiger partial charge in [-0.15, -0.1) is 5.10 Å². The van der Waals surface area contributed by atoms with Crippen LogP contribution in [0.25, 0.3) is 0 Å². The molecule has 1 atom stereocenters. The van der Waals surface area contributed by atoms with Gasteiger partial charge in [0.05, 0.1) is 0 Å². The second kappa shape index (κ2) is 4.52. The van der Waals surface area contributed by atoms with E-state index in [0.717, 1.165) is 15.9 Å². The summed E-state index contributed by atoms with van der Waals surface area (Å²) in [7, 11) is 0. The Balaban J connectivity index is 2.14. The van der Waals surface area contributed by atoms with Crippen LogP contribution in [0, 0.1) is 0 Å². The lowest BCUT2D eigenvalue weighted by Crippen LogP contribution is -2.33. The van der Waals surface area contributed by atoms with Crippen molar-refractivity contribution in [3.05, 3.63) is 12.2 Å². The van der Waals surface area contributed by atoms with Crippen molar-refractivity contribution in [3.8, 4) is 0 Å². The monoisotopic (exact) mass is 278 g/mol. The van der Waals surface area contributed by atoms with Gasteiger partial charge in [-0.25, -0.2) is 9.67 Å². The number of carboxylic acids is 1. The SMILES string of the molecule is O=C(O)CN1CCC(n2cnc(C(F)(F)F)n2)C1=O. The molecule has 1 N–H and O–H groups in total. The summed E-state index contributed by atoms with van der Waals surface area (Å²) in [4.78, 5) is 26.4. The lowest BCUT2D eigenvalue weighted by Gasteiger charge is -2.13. The van der Waals surface area contributed by atoms with Crippen molar-refractivity contribution < 1.29 is 27.9 Å². The summed E-state index contributed by atoms with van der Waals surface area (Å²) in [6, 6.07) is -0.928. The second-order valence-electron chi connectivity index (χ2n) is 4.00. The zero-order valence-electron chi connectivity index (χ0n) is 9.46. The molecule has 2 rings (SSSR count). The fourth-order valence-corrected chi connectivity index (χ4v) is 1.84. The number of nitrogens with zero attached hydrogens (tertiary/aromatic N) is 4. The molecule has 1 saturated heterocycles. The van der Waals surface area contributed by atoms with Crippen molar-refractivity contribution in [2.24, 2.45) is 0 Å². The fourth-order valence-electron chi connectivity index (χ4n) is 1.84. The zero-order chi connectivity index (χ0) is 14.2. The van der Waals surface area contributed by atoms with Crippen LogP contribution in [0.2, 0.25) is 0 Å². The molecular weight excluding hydrogens is 269 g/mol. The van der Waals surface area contributed by atoms with E-state index in [1.807, 2.05) is 0 Å². The lowest BCUT2D eigenvalue weighted by molar-refractivity contribution is -0.145. The van der Waals surface area contributed by atoms with Gasteiger partial charge in [0.25, 0.3) is 5.82 Å². The third-order valence-corrected chi connectivity index (χ3v) is 2.68. The molecule has 104 valence electrons. The average Bonchev–Trinajstić information content (AvgIpc) is 2.85. The summed E-state index contributed by atoms with van der Waals surface area (Å²) >= 11 is 0. The van der Waals surface area contributed by atoms with Gasteiger partial charge in [-0.3, -0.25) is 9.59 Å². The van der Waals surface area contributed by atoms with Crippen LogP contribution in [-0.4, -0.2) is 49.7 Å². The minimum atomic E-state index is -4.67. The Kier molecular flexibility index (Phi) is 3.16. The van der Waals surface area contributed by atoms with E-state index < -0.39 is 36.5 Å². The molecule has 0 radical (unpaired) electrons. The number of aliphatic carboxylic acids is 1. The lowest BCUT2D eigenvalue weighted by atomic mass is 10.2. The third-order valence-electron chi connectivity index (χ3n) is 2.68. The van der Waals surface area contributed by atoms with E-state index in [0.29, 0.717) is 0 Å². The third kappa shape index (κ3) is 2.66. The molecule has 0 saturated carbocycles. The number of carbonyl (C=O) groups excluding carboxylic acids is 1. The minimum absolute atomic E-state index is 0.164. The van der Waals surface area contributed by atoms with Gasteiger partial charge in [-0.05, 0) is 6.42 Å². The van der Waals surface area contributed by atoms with Gasteiger partial charge in [0.2, 0.25) is 5.91 Å². The normalized spacial score (nSPS) is 20.1. The van der Waals surface area contributed by atoms with E-state index in [1.54, 1.807) is 0 Å². The predicted molar refractivity (Wildman–Crippen MR) is 52.9 cm³/mol. The largest absolute Gasteiger partial charge is 0.480 e. The number of hydrogen-bond acceptors (Lipinski definition) is 4. The van der Waals surface area contributed by atoms with E-state index in [2.05, 4.69) is 10.1 Å². The number of aromatic nitrogens is 3. The topological polar surface area (TPSA) is 88.3 Å². The first-order chi connectivity index (χ1) is 8.79. The molecule has 0 aromatic carbocycles. The van der Waals surface area contributed by atoms with Crippen molar-refractivity contribution in [2.45, 2.75) is 18.6 Å². The summed E-state index contributed by atoms with van der Waals surface area (Å²) in [5, 5.41) is 11.8. The number of hydrogen-bond donors (Lipinski definition) is 1. The van der Waals surface area contributed by atoms with E-state index in [-0.39, 0.29) is 13.0 Å². The first-order valence-electron chi connectivity index (χ1n) is 5.28. The second-order valence-corrected chi connectivity index (χ2v) is 4.00. The van der Waals surface area contributed by atoms with E-state index in [1.165, 1.54) is 0 Å². The molecule has 10 heteroatoms. The smallest absolute Gasteiger partial charge is 0.453 e. The molecule has 1 amide bonds. The fraction of sp³-hybridized carbons (Fsp3) is 0.556. The first kappa shape index (κ1) is 13.3. The van der Waals surface area contributed by atoms with Gasteiger partial charge in [0.15, 0.2) is 0 Å². The quantitative estimate of drug-likeness (QED) is 0.850. The van der Waals surface area contributed by atoms with E-state index >= 15 is 0 Å². The Morgan fingerprint density at radius 3 is 2.74 bits per heavy atom. The van der Waals surface area contributed by atoms with Crippen LogP contribution in [0.4, 0.5) is 13.2 Å². The van der Waals surface area contributed by atoms with Gasteiger partial charge < -0.3 is 10.0 Å². The highest BCUT2D eigenvalue weighted by atomic mass is 19.4. The Hall–Kier alpha value is -2.13. The zero-order valence-corrected chi connectivity index (χ0v) is 9.46. The molecule has 1 aliphatic heterocycles. The maximum Gasteiger partial charge on any atom is 0.453 e. The maximum atomic E-state index is 12.3. The van der Waals surface area contributed by atoms with Crippen molar-refractivity contribution in [1.29, 1.82) is 0 Å². The average molecular weight is 278 g/mol. The molecule has 1 aromatic rings. The maximum absolute atomic E-state index is 12.3. The number of alkyl halides is 3. The molecule has 2 heterocycles. The Labute approximate surface area is 104 Å². The van der Waals surface area contributed by atoms with Crippen LogP contribution < -0.4 is 0 Å². The molecule has 1 fully saturated rings. The summed E-state index contributed by atoms with van der Waals surface area (Å²) in [6.07, 6.45) is -3.64. The molecular formula is C9H9F3N4O3. The molecule has 0 bridgehead atoms. The molecule has 7 nitrogen and oxygen atoms in total. The summed E-state index contributed by atoms with van der Waals surface area (Å²) in [5.41, 5.74) is 0. The van der Waals surface area contributed by atoms with Crippen molar-refractivity contribution in [1.82, 2.24) is 19.7 Å². The van der Waals surface area contributed by atoms with E-state index in [9.17, 15) is 22.8 Å². The highest BCUT2D eigenvalue weighted by Crippen LogP contribution is 2.28. The van der Waals surface area contributed by atoms with Gasteiger partial charge in [-0.2, -0.15) is 13.2 Å². The van der Waals surface area contributed by atoms with Crippen LogP contribution in [-0.2, 0) is 15.8 Å². The number of amides is 1. The molecule has 1 unspecified atom stereocenters. The van der Waals surface area contributed by atoms with Gasteiger partial charge in [0, 0.05) is 6.54 Å². The van der Waals surface area contributed by atoms with Gasteiger partial charge >= 0.3 is 12.1 Å². The Morgan fingerprint density at radius 1 is 1.53 bits per heavy atom. The van der Waals surface area contributed by atoms with Crippen molar-refractivity contribution >= 4 is 11.9 Å². The minimum Gasteiger partial charge on any atom is -0.480 e. The number of carbonyl (C=O) groups is 2. The van der Waals surface area contributed by atoms with Gasteiger partial charge in [0.1, 0.15) is 18.9 Å². The van der Waals surface area contributed by atoms with Crippen LogP contribution in [0.1, 0.15) is 18.3 Å². The number of rotatable bonds is 3. The number of likely N-dealkylation sites (tertiary alicyclic amines) is 1. The first-order valence-corrected chi connectivity index (χ1v) is 5.28. The Bertz CT molecular complexity index is 513.